The number of hydrogen-bond donors (Lipinski definition) is 1. The number of amides is 1. The summed E-state index contributed by atoms with van der Waals surface area (Å²) in [7, 11) is 2.90. The van der Waals surface area contributed by atoms with E-state index < -0.39 is 17.3 Å². The van der Waals surface area contributed by atoms with Crippen LogP contribution in [0.4, 0.5) is 5.82 Å². The first-order valence-corrected chi connectivity index (χ1v) is 7.74. The van der Waals surface area contributed by atoms with E-state index >= 15 is 0 Å². The molecule has 1 atom stereocenters. The van der Waals surface area contributed by atoms with Gasteiger partial charge in [0, 0.05) is 20.3 Å². The zero-order valence-electron chi connectivity index (χ0n) is 13.7. The van der Waals surface area contributed by atoms with Crippen molar-refractivity contribution in [1.29, 1.82) is 0 Å². The summed E-state index contributed by atoms with van der Waals surface area (Å²) in [6.07, 6.45) is 2.78. The van der Waals surface area contributed by atoms with E-state index in [0.29, 0.717) is 10.8 Å². The molecule has 3 aromatic rings. The van der Waals surface area contributed by atoms with E-state index in [4.69, 9.17) is 11.6 Å². The number of anilines is 1. The van der Waals surface area contributed by atoms with Gasteiger partial charge in [-0.1, -0.05) is 11.6 Å². The van der Waals surface area contributed by atoms with Gasteiger partial charge in [-0.25, -0.2) is 14.8 Å². The second kappa shape index (κ2) is 6.17. The van der Waals surface area contributed by atoms with Gasteiger partial charge in [-0.3, -0.25) is 18.7 Å². The first kappa shape index (κ1) is 16.9. The average Bonchev–Trinajstić information content (AvgIpc) is 3.04. The highest BCUT2D eigenvalue weighted by Gasteiger charge is 2.22. The fourth-order valence-electron chi connectivity index (χ4n) is 2.46. The Morgan fingerprint density at radius 2 is 1.92 bits per heavy atom. The van der Waals surface area contributed by atoms with Gasteiger partial charge in [-0.15, -0.1) is 0 Å². The number of aryl methyl sites for hydroxylation is 1. The topological polar surface area (TPSA) is 104 Å². The van der Waals surface area contributed by atoms with Crippen LogP contribution >= 0.6 is 11.6 Å². The number of halogens is 1. The van der Waals surface area contributed by atoms with Gasteiger partial charge in [0.2, 0.25) is 5.91 Å². The van der Waals surface area contributed by atoms with Crippen molar-refractivity contribution in [2.75, 3.05) is 5.32 Å². The van der Waals surface area contributed by atoms with E-state index in [-0.39, 0.29) is 17.1 Å². The Labute approximate surface area is 146 Å². The number of hydrogen-bond acceptors (Lipinski definition) is 5. The van der Waals surface area contributed by atoms with Crippen molar-refractivity contribution in [3.63, 3.8) is 0 Å². The Hall–Kier alpha value is -2.94. The Kier molecular flexibility index (Phi) is 4.17. The van der Waals surface area contributed by atoms with Gasteiger partial charge in [0.1, 0.15) is 11.9 Å². The van der Waals surface area contributed by atoms with Gasteiger partial charge in [-0.2, -0.15) is 0 Å². The molecule has 1 amide bonds. The average molecular weight is 363 g/mol. The second-order valence-corrected chi connectivity index (χ2v) is 5.99. The number of imidazole rings is 1. The van der Waals surface area contributed by atoms with E-state index in [1.165, 1.54) is 35.8 Å². The standard InChI is InChI=1S/C15H15ClN6O3/c1-8(13(23)19-10-5-4-9(16)6-17-10)22-7-18-12-11(22)14(24)21(3)15(25)20(12)2/h4-8H,1-3H3,(H,17,19,23)/t8-/m1/s1. The van der Waals surface area contributed by atoms with Crippen LogP contribution in [-0.4, -0.2) is 29.6 Å². The lowest BCUT2D eigenvalue weighted by molar-refractivity contribution is -0.118. The fourth-order valence-corrected chi connectivity index (χ4v) is 2.58. The van der Waals surface area contributed by atoms with Crippen LogP contribution in [0, 0.1) is 0 Å². The molecule has 10 heteroatoms. The van der Waals surface area contributed by atoms with Crippen molar-refractivity contribution in [1.82, 2.24) is 23.7 Å². The van der Waals surface area contributed by atoms with Gasteiger partial charge in [0.15, 0.2) is 11.2 Å². The summed E-state index contributed by atoms with van der Waals surface area (Å²) in [5, 5.41) is 3.10. The summed E-state index contributed by atoms with van der Waals surface area (Å²) in [5.41, 5.74) is -0.598. The van der Waals surface area contributed by atoms with E-state index in [1.54, 1.807) is 19.1 Å². The predicted octanol–water partition coefficient (Wildman–Crippen LogP) is 0.682. The third-order valence-electron chi connectivity index (χ3n) is 3.95. The van der Waals surface area contributed by atoms with Crippen LogP contribution in [0.1, 0.15) is 13.0 Å². The van der Waals surface area contributed by atoms with Crippen molar-refractivity contribution < 1.29 is 4.79 Å². The molecular formula is C15H15ClN6O3. The molecule has 0 unspecified atom stereocenters. The predicted molar refractivity (Wildman–Crippen MR) is 92.8 cm³/mol. The minimum Gasteiger partial charge on any atom is -0.312 e. The lowest BCUT2D eigenvalue weighted by Crippen LogP contribution is -2.38. The van der Waals surface area contributed by atoms with Crippen LogP contribution in [-0.2, 0) is 18.9 Å². The molecule has 3 rings (SSSR count). The summed E-state index contributed by atoms with van der Waals surface area (Å²) in [6.45, 7) is 1.62. The van der Waals surface area contributed by atoms with Gasteiger partial charge < -0.3 is 9.88 Å². The largest absolute Gasteiger partial charge is 0.332 e. The maximum absolute atomic E-state index is 12.5. The Balaban J connectivity index is 2.01. The number of rotatable bonds is 3. The summed E-state index contributed by atoms with van der Waals surface area (Å²) in [6, 6.07) is 2.43. The smallest absolute Gasteiger partial charge is 0.312 e. The number of pyridine rings is 1. The third-order valence-corrected chi connectivity index (χ3v) is 4.17. The van der Waals surface area contributed by atoms with Gasteiger partial charge >= 0.3 is 5.69 Å². The number of nitrogens with one attached hydrogen (secondary N) is 1. The molecule has 0 fully saturated rings. The van der Waals surface area contributed by atoms with E-state index in [9.17, 15) is 14.4 Å². The van der Waals surface area contributed by atoms with Gasteiger partial charge in [0.05, 0.1) is 11.3 Å². The molecule has 3 aromatic heterocycles. The van der Waals surface area contributed by atoms with E-state index in [0.717, 1.165) is 4.57 Å². The Morgan fingerprint density at radius 3 is 2.56 bits per heavy atom. The van der Waals surface area contributed by atoms with Gasteiger partial charge in [0.25, 0.3) is 5.56 Å². The normalized spacial score (nSPS) is 12.3. The summed E-state index contributed by atoms with van der Waals surface area (Å²) >= 11 is 5.76. The summed E-state index contributed by atoms with van der Waals surface area (Å²) in [4.78, 5) is 45.0. The maximum Gasteiger partial charge on any atom is 0.332 e. The van der Waals surface area contributed by atoms with Crippen LogP contribution in [0.25, 0.3) is 11.2 Å². The summed E-state index contributed by atoms with van der Waals surface area (Å²) in [5.74, 6) is -0.0454. The van der Waals surface area contributed by atoms with Crippen LogP contribution in [0.5, 0.6) is 0 Å². The fraction of sp³-hybridized carbons (Fsp3) is 0.267. The lowest BCUT2D eigenvalue weighted by atomic mass is 10.3. The highest BCUT2D eigenvalue weighted by atomic mass is 35.5. The molecular weight excluding hydrogens is 348 g/mol. The number of nitrogens with zero attached hydrogens (tertiary/aromatic N) is 5. The zero-order chi connectivity index (χ0) is 18.3. The van der Waals surface area contributed by atoms with Crippen LogP contribution in [0.3, 0.4) is 0 Å². The van der Waals surface area contributed by atoms with Gasteiger partial charge in [-0.05, 0) is 19.1 Å². The van der Waals surface area contributed by atoms with Crippen LogP contribution < -0.4 is 16.6 Å². The van der Waals surface area contributed by atoms with Crippen molar-refractivity contribution in [3.05, 3.63) is 50.5 Å². The molecule has 130 valence electrons. The van der Waals surface area contributed by atoms with Crippen molar-refractivity contribution >= 4 is 34.5 Å². The zero-order valence-corrected chi connectivity index (χ0v) is 14.5. The number of fused-ring (bicyclic) bond motifs is 1. The molecule has 0 aliphatic carbocycles. The molecule has 3 heterocycles. The van der Waals surface area contributed by atoms with Crippen molar-refractivity contribution in [2.24, 2.45) is 14.1 Å². The monoisotopic (exact) mass is 362 g/mol. The minimum atomic E-state index is -0.743. The lowest BCUT2D eigenvalue weighted by Gasteiger charge is -2.14. The molecule has 0 saturated heterocycles. The number of carbonyl (C=O) groups is 1. The molecule has 0 aromatic carbocycles. The van der Waals surface area contributed by atoms with E-state index in [1.807, 2.05) is 0 Å². The molecule has 9 nitrogen and oxygen atoms in total. The highest BCUT2D eigenvalue weighted by Crippen LogP contribution is 2.16. The molecule has 0 spiro atoms. The first-order valence-electron chi connectivity index (χ1n) is 7.36. The van der Waals surface area contributed by atoms with Crippen molar-refractivity contribution in [3.8, 4) is 0 Å². The molecule has 0 radical (unpaired) electrons. The SMILES string of the molecule is C[C@H](C(=O)Nc1ccc(Cl)cn1)n1cnc2c1c(=O)n(C)c(=O)n2C. The Bertz CT molecular complexity index is 1080. The maximum atomic E-state index is 12.5. The van der Waals surface area contributed by atoms with E-state index in [2.05, 4.69) is 15.3 Å². The van der Waals surface area contributed by atoms with Crippen LogP contribution in [0.2, 0.25) is 5.02 Å². The molecule has 0 bridgehead atoms. The molecule has 1 N–H and O–H groups in total. The highest BCUT2D eigenvalue weighted by molar-refractivity contribution is 6.30. The third kappa shape index (κ3) is 2.82. The molecule has 0 aliphatic heterocycles. The summed E-state index contributed by atoms with van der Waals surface area (Å²) < 4.78 is 3.67. The van der Waals surface area contributed by atoms with Crippen molar-refractivity contribution in [2.45, 2.75) is 13.0 Å². The quantitative estimate of drug-likeness (QED) is 0.738. The second-order valence-electron chi connectivity index (χ2n) is 5.56. The Morgan fingerprint density at radius 1 is 1.20 bits per heavy atom. The molecule has 0 aliphatic rings. The molecule has 25 heavy (non-hydrogen) atoms. The number of carbonyl (C=O) groups excluding carboxylic acids is 1. The van der Waals surface area contributed by atoms with Crippen LogP contribution in [0.15, 0.2) is 34.2 Å². The minimum absolute atomic E-state index is 0.177. The number of aromatic nitrogens is 5. The molecule has 0 saturated carbocycles. The first-order chi connectivity index (χ1) is 11.8.